The third-order valence-electron chi connectivity index (χ3n) is 4.01. The van der Waals surface area contributed by atoms with E-state index in [1.165, 1.54) is 11.1 Å². The molecular formula is C15H23N5O. The highest BCUT2D eigenvalue weighted by Crippen LogP contribution is 2.33. The topological polar surface area (TPSA) is 56.9 Å². The van der Waals surface area contributed by atoms with Crippen LogP contribution in [-0.2, 0) is 24.9 Å². The van der Waals surface area contributed by atoms with E-state index in [1.54, 1.807) is 0 Å². The van der Waals surface area contributed by atoms with Gasteiger partial charge >= 0.3 is 0 Å². The van der Waals surface area contributed by atoms with Crippen molar-refractivity contribution in [3.8, 4) is 0 Å². The number of nitrogens with one attached hydrogen (secondary N) is 1. The van der Waals surface area contributed by atoms with Crippen molar-refractivity contribution >= 4 is 0 Å². The molecule has 0 bridgehead atoms. The van der Waals surface area contributed by atoms with Crippen LogP contribution in [0.15, 0.2) is 24.8 Å². The Bertz CT molecular complexity index is 576. The van der Waals surface area contributed by atoms with Crippen LogP contribution >= 0.6 is 0 Å². The minimum Gasteiger partial charge on any atom is -0.373 e. The van der Waals surface area contributed by atoms with Gasteiger partial charge in [0.1, 0.15) is 0 Å². The molecule has 0 amide bonds. The maximum absolute atomic E-state index is 5.88. The standard InChI is InChI=1S/C15H23N5O/c1-3-20-10-12(7-18-20)6-16-8-13-4-5-21-15(13)14-9-17-19(2)11-14/h7,9-11,13,15-16H,3-6,8H2,1-2H3/t13-,15+/m1/s1. The normalized spacial score (nSPS) is 22.0. The second-order valence-electron chi connectivity index (χ2n) is 5.62. The van der Waals surface area contributed by atoms with E-state index in [4.69, 9.17) is 4.74 Å². The zero-order valence-electron chi connectivity index (χ0n) is 12.7. The van der Waals surface area contributed by atoms with Gasteiger partial charge in [0, 0.05) is 62.7 Å². The monoisotopic (exact) mass is 289 g/mol. The van der Waals surface area contributed by atoms with E-state index in [1.807, 2.05) is 35.0 Å². The van der Waals surface area contributed by atoms with E-state index in [2.05, 4.69) is 28.6 Å². The molecule has 6 heteroatoms. The molecule has 0 saturated carbocycles. The van der Waals surface area contributed by atoms with Crippen molar-refractivity contribution in [1.29, 1.82) is 0 Å². The molecular weight excluding hydrogens is 266 g/mol. The van der Waals surface area contributed by atoms with Crippen molar-refractivity contribution in [3.05, 3.63) is 35.9 Å². The van der Waals surface area contributed by atoms with Crippen LogP contribution < -0.4 is 5.32 Å². The first-order chi connectivity index (χ1) is 10.3. The Hall–Kier alpha value is -1.66. The van der Waals surface area contributed by atoms with Crippen LogP contribution in [0.5, 0.6) is 0 Å². The molecule has 1 fully saturated rings. The van der Waals surface area contributed by atoms with Crippen LogP contribution in [0.3, 0.4) is 0 Å². The maximum atomic E-state index is 5.88. The molecule has 3 heterocycles. The molecule has 21 heavy (non-hydrogen) atoms. The zero-order valence-corrected chi connectivity index (χ0v) is 12.7. The van der Waals surface area contributed by atoms with Gasteiger partial charge in [0.15, 0.2) is 0 Å². The summed E-state index contributed by atoms with van der Waals surface area (Å²) in [6, 6.07) is 0. The van der Waals surface area contributed by atoms with Crippen molar-refractivity contribution in [3.63, 3.8) is 0 Å². The fourth-order valence-electron chi connectivity index (χ4n) is 2.87. The smallest absolute Gasteiger partial charge is 0.0896 e. The van der Waals surface area contributed by atoms with Gasteiger partial charge in [-0.15, -0.1) is 0 Å². The third kappa shape index (κ3) is 3.33. The Balaban J connectivity index is 1.52. The number of rotatable bonds is 6. The van der Waals surface area contributed by atoms with E-state index in [0.717, 1.165) is 32.7 Å². The maximum Gasteiger partial charge on any atom is 0.0896 e. The van der Waals surface area contributed by atoms with Crippen molar-refractivity contribution in [1.82, 2.24) is 24.9 Å². The van der Waals surface area contributed by atoms with Crippen molar-refractivity contribution in [2.45, 2.75) is 32.5 Å². The summed E-state index contributed by atoms with van der Waals surface area (Å²) in [5.41, 5.74) is 2.41. The number of aromatic nitrogens is 4. The Morgan fingerprint density at radius 1 is 1.33 bits per heavy atom. The molecule has 0 unspecified atom stereocenters. The predicted octanol–water partition coefficient (Wildman–Crippen LogP) is 1.50. The predicted molar refractivity (Wildman–Crippen MR) is 79.6 cm³/mol. The molecule has 2 atom stereocenters. The SMILES string of the molecule is CCn1cc(CNC[C@H]2CCO[C@@H]2c2cnn(C)c2)cn1. The lowest BCUT2D eigenvalue weighted by Crippen LogP contribution is -2.24. The summed E-state index contributed by atoms with van der Waals surface area (Å²) in [6.45, 7) is 5.66. The molecule has 1 aliphatic rings. The second-order valence-corrected chi connectivity index (χ2v) is 5.62. The summed E-state index contributed by atoms with van der Waals surface area (Å²) < 4.78 is 9.67. The molecule has 1 N–H and O–H groups in total. The van der Waals surface area contributed by atoms with Gasteiger partial charge in [-0.05, 0) is 13.3 Å². The van der Waals surface area contributed by atoms with Gasteiger partial charge in [0.25, 0.3) is 0 Å². The summed E-state index contributed by atoms with van der Waals surface area (Å²) in [5.74, 6) is 0.510. The quantitative estimate of drug-likeness (QED) is 0.875. The molecule has 2 aromatic heterocycles. The van der Waals surface area contributed by atoms with Crippen LogP contribution in [0, 0.1) is 5.92 Å². The summed E-state index contributed by atoms with van der Waals surface area (Å²) in [4.78, 5) is 0. The Labute approximate surface area is 125 Å². The van der Waals surface area contributed by atoms with Gasteiger partial charge in [-0.25, -0.2) is 0 Å². The van der Waals surface area contributed by atoms with Crippen molar-refractivity contribution in [2.24, 2.45) is 13.0 Å². The number of nitrogens with zero attached hydrogens (tertiary/aromatic N) is 4. The molecule has 114 valence electrons. The summed E-state index contributed by atoms with van der Waals surface area (Å²) in [7, 11) is 1.94. The van der Waals surface area contributed by atoms with Crippen molar-refractivity contribution < 1.29 is 4.74 Å². The second kappa shape index (κ2) is 6.41. The van der Waals surface area contributed by atoms with Crippen LogP contribution in [0.2, 0.25) is 0 Å². The van der Waals surface area contributed by atoms with Gasteiger partial charge in [0.2, 0.25) is 0 Å². The van der Waals surface area contributed by atoms with Gasteiger partial charge < -0.3 is 10.1 Å². The highest BCUT2D eigenvalue weighted by atomic mass is 16.5. The molecule has 0 aromatic carbocycles. The van der Waals surface area contributed by atoms with E-state index in [0.29, 0.717) is 5.92 Å². The average molecular weight is 289 g/mol. The number of hydrogen-bond donors (Lipinski definition) is 1. The van der Waals surface area contributed by atoms with Gasteiger partial charge in [-0.2, -0.15) is 10.2 Å². The molecule has 2 aromatic rings. The fourth-order valence-corrected chi connectivity index (χ4v) is 2.87. The Kier molecular flexibility index (Phi) is 4.36. The summed E-state index contributed by atoms with van der Waals surface area (Å²) in [6.07, 6.45) is 9.25. The van der Waals surface area contributed by atoms with Crippen LogP contribution in [-0.4, -0.2) is 32.7 Å². The van der Waals surface area contributed by atoms with Gasteiger partial charge in [-0.3, -0.25) is 9.36 Å². The molecule has 1 saturated heterocycles. The highest BCUT2D eigenvalue weighted by molar-refractivity contribution is 5.11. The number of aryl methyl sites for hydroxylation is 2. The molecule has 0 radical (unpaired) electrons. The third-order valence-corrected chi connectivity index (χ3v) is 4.01. The average Bonchev–Trinajstić information content (AvgIpc) is 3.19. The Morgan fingerprint density at radius 2 is 2.24 bits per heavy atom. The lowest BCUT2D eigenvalue weighted by molar-refractivity contribution is 0.0904. The van der Waals surface area contributed by atoms with Gasteiger partial charge in [0.05, 0.1) is 18.5 Å². The summed E-state index contributed by atoms with van der Waals surface area (Å²) >= 11 is 0. The minimum atomic E-state index is 0.171. The first-order valence-corrected chi connectivity index (χ1v) is 7.58. The Morgan fingerprint density at radius 3 is 2.95 bits per heavy atom. The largest absolute Gasteiger partial charge is 0.373 e. The van der Waals surface area contributed by atoms with E-state index in [9.17, 15) is 0 Å². The lowest BCUT2D eigenvalue weighted by atomic mass is 9.97. The molecule has 0 spiro atoms. The summed E-state index contributed by atoms with van der Waals surface area (Å²) in [5, 5.41) is 12.1. The number of ether oxygens (including phenoxy) is 1. The van der Waals surface area contributed by atoms with E-state index >= 15 is 0 Å². The fraction of sp³-hybridized carbons (Fsp3) is 0.600. The number of hydrogen-bond acceptors (Lipinski definition) is 4. The highest BCUT2D eigenvalue weighted by Gasteiger charge is 2.30. The van der Waals surface area contributed by atoms with Crippen LogP contribution in [0.1, 0.15) is 30.6 Å². The molecule has 1 aliphatic heterocycles. The van der Waals surface area contributed by atoms with Crippen molar-refractivity contribution in [2.75, 3.05) is 13.2 Å². The minimum absolute atomic E-state index is 0.171. The molecule has 0 aliphatic carbocycles. The lowest BCUT2D eigenvalue weighted by Gasteiger charge is -2.17. The molecule has 3 rings (SSSR count). The zero-order chi connectivity index (χ0) is 14.7. The van der Waals surface area contributed by atoms with Crippen LogP contribution in [0.4, 0.5) is 0 Å². The van der Waals surface area contributed by atoms with E-state index < -0.39 is 0 Å². The molecule has 6 nitrogen and oxygen atoms in total. The first-order valence-electron chi connectivity index (χ1n) is 7.58. The van der Waals surface area contributed by atoms with Gasteiger partial charge in [-0.1, -0.05) is 0 Å². The first kappa shape index (κ1) is 14.3. The van der Waals surface area contributed by atoms with Crippen LogP contribution in [0.25, 0.3) is 0 Å². The van der Waals surface area contributed by atoms with E-state index in [-0.39, 0.29) is 6.10 Å².